The smallest absolute Gasteiger partial charge is 0.311 e. The molecule has 136 valence electrons. The Balaban J connectivity index is 2.04. The molecule has 3 rings (SSSR count). The van der Waals surface area contributed by atoms with E-state index in [2.05, 4.69) is 67.8 Å². The van der Waals surface area contributed by atoms with Crippen LogP contribution in [0.4, 0.5) is 5.69 Å². The number of nitrogens with zero attached hydrogens (tertiary/aromatic N) is 1. The topological polar surface area (TPSA) is 57.6 Å². The minimum absolute atomic E-state index is 0.144. The van der Waals surface area contributed by atoms with Crippen LogP contribution in [-0.4, -0.2) is 23.5 Å². The van der Waals surface area contributed by atoms with Gasteiger partial charge in [-0.15, -0.1) is 0 Å². The molecule has 1 fully saturated rings. The number of halogens is 3. The molecule has 0 saturated carbocycles. The Labute approximate surface area is 193 Å². The Morgan fingerprint density at radius 3 is 2.42 bits per heavy atom. The average Bonchev–Trinajstić information content (AvgIpc) is 3.01. The maximum absolute atomic E-state index is 12.3. The molecule has 1 aliphatic heterocycles. The number of rotatable bonds is 5. The minimum atomic E-state index is -0.833. The summed E-state index contributed by atoms with van der Waals surface area (Å²) in [6, 6.07) is 11.4. The number of carboxylic acid groups (broad SMARTS) is 1. The second-order valence-electron chi connectivity index (χ2n) is 6.14. The Hall–Kier alpha value is -0.430. The van der Waals surface area contributed by atoms with Gasteiger partial charge in [0.15, 0.2) is 0 Å². The first-order valence-electron chi connectivity index (χ1n) is 8.14. The molecule has 0 bridgehead atoms. The van der Waals surface area contributed by atoms with Crippen LogP contribution in [-0.2, 0) is 16.0 Å². The van der Waals surface area contributed by atoms with E-state index < -0.39 is 11.9 Å². The number of hydrogen-bond donors (Lipinski definition) is 1. The van der Waals surface area contributed by atoms with E-state index in [4.69, 9.17) is 0 Å². The van der Waals surface area contributed by atoms with Crippen molar-refractivity contribution in [3.63, 3.8) is 0 Å². The van der Waals surface area contributed by atoms with Crippen LogP contribution < -0.4 is 4.90 Å². The third-order valence-electron chi connectivity index (χ3n) is 4.49. The van der Waals surface area contributed by atoms with Crippen LogP contribution in [0.1, 0.15) is 29.9 Å². The summed E-state index contributed by atoms with van der Waals surface area (Å²) in [5.41, 5.74) is 2.72. The number of aliphatic carboxylic acids is 1. The van der Waals surface area contributed by atoms with E-state index in [0.29, 0.717) is 12.8 Å². The number of amides is 1. The molecule has 1 amide bonds. The molecule has 26 heavy (non-hydrogen) atoms. The van der Waals surface area contributed by atoms with Crippen molar-refractivity contribution in [2.75, 3.05) is 11.4 Å². The van der Waals surface area contributed by atoms with E-state index in [1.807, 2.05) is 41.3 Å². The summed E-state index contributed by atoms with van der Waals surface area (Å²) in [6.07, 6.45) is 1.85. The third-order valence-corrected chi connectivity index (χ3v) is 7.44. The zero-order valence-electron chi connectivity index (χ0n) is 13.7. The van der Waals surface area contributed by atoms with Crippen molar-refractivity contribution in [3.8, 4) is 0 Å². The molecule has 2 aromatic carbocycles. The fourth-order valence-electron chi connectivity index (χ4n) is 3.18. The quantitative estimate of drug-likeness (QED) is 0.449. The number of carbonyl (C=O) groups excluding carboxylic acids is 1. The molecule has 1 aliphatic rings. The number of hydrogen-bond acceptors (Lipinski definition) is 2. The highest BCUT2D eigenvalue weighted by Crippen LogP contribution is 2.38. The predicted octanol–water partition coefficient (Wildman–Crippen LogP) is 5.04. The molecule has 0 aromatic heterocycles. The Morgan fingerprint density at radius 1 is 1.15 bits per heavy atom. The highest BCUT2D eigenvalue weighted by molar-refractivity contribution is 14.1. The van der Waals surface area contributed by atoms with Crippen molar-refractivity contribution in [1.29, 1.82) is 0 Å². The molecule has 2 aromatic rings. The fourth-order valence-corrected chi connectivity index (χ4v) is 7.57. The standard InChI is InChI=1S/C19H16I3NO3/c20-14-10-15(21)18(23-8-4-7-16(23)24)17(22)13(14)9-12(19(25)26)11-5-2-1-3-6-11/h1-3,5-6,10,12H,4,7-9H2,(H,25,26). The van der Waals surface area contributed by atoms with E-state index in [1.165, 1.54) is 0 Å². The second-order valence-corrected chi connectivity index (χ2v) is 9.54. The van der Waals surface area contributed by atoms with Gasteiger partial charge in [0.05, 0.1) is 11.6 Å². The summed E-state index contributed by atoms with van der Waals surface area (Å²) >= 11 is 6.81. The molecular formula is C19H16I3NO3. The minimum Gasteiger partial charge on any atom is -0.481 e. The summed E-state index contributed by atoms with van der Waals surface area (Å²) in [6.45, 7) is 0.728. The summed E-state index contributed by atoms with van der Waals surface area (Å²) in [5.74, 6) is -1.30. The lowest BCUT2D eigenvalue weighted by Gasteiger charge is -2.23. The molecule has 1 heterocycles. The molecule has 1 saturated heterocycles. The molecule has 1 N–H and O–H groups in total. The van der Waals surface area contributed by atoms with Crippen molar-refractivity contribution in [2.24, 2.45) is 0 Å². The van der Waals surface area contributed by atoms with E-state index >= 15 is 0 Å². The number of carboxylic acids is 1. The predicted molar refractivity (Wildman–Crippen MR) is 127 cm³/mol. The van der Waals surface area contributed by atoms with Gasteiger partial charge >= 0.3 is 5.97 Å². The van der Waals surface area contributed by atoms with Gasteiger partial charge in [0.1, 0.15) is 0 Å². The van der Waals surface area contributed by atoms with Crippen LogP contribution in [0.2, 0.25) is 0 Å². The molecule has 0 spiro atoms. The fraction of sp³-hybridized carbons (Fsp3) is 0.263. The Bertz CT molecular complexity index is 855. The number of anilines is 1. The van der Waals surface area contributed by atoms with Crippen molar-refractivity contribution in [2.45, 2.75) is 25.2 Å². The van der Waals surface area contributed by atoms with Crippen molar-refractivity contribution in [1.82, 2.24) is 0 Å². The zero-order valence-corrected chi connectivity index (χ0v) is 20.2. The van der Waals surface area contributed by atoms with Crippen LogP contribution in [0, 0.1) is 10.7 Å². The molecule has 0 aliphatic carbocycles. The van der Waals surface area contributed by atoms with E-state index in [0.717, 1.165) is 40.5 Å². The number of carbonyl (C=O) groups is 2. The van der Waals surface area contributed by atoms with Gasteiger partial charge in [0.2, 0.25) is 5.91 Å². The number of benzene rings is 2. The highest BCUT2D eigenvalue weighted by atomic mass is 127. The molecule has 1 atom stereocenters. The van der Waals surface area contributed by atoms with Gasteiger partial charge in [-0.3, -0.25) is 9.59 Å². The van der Waals surface area contributed by atoms with Crippen LogP contribution >= 0.6 is 67.8 Å². The molecule has 0 radical (unpaired) electrons. The first-order valence-corrected chi connectivity index (χ1v) is 11.4. The van der Waals surface area contributed by atoms with Gasteiger partial charge in [-0.1, -0.05) is 30.3 Å². The van der Waals surface area contributed by atoms with Gasteiger partial charge in [-0.2, -0.15) is 0 Å². The second kappa shape index (κ2) is 8.72. The molecule has 4 nitrogen and oxygen atoms in total. The summed E-state index contributed by atoms with van der Waals surface area (Å²) in [7, 11) is 0. The van der Waals surface area contributed by atoms with E-state index in [1.54, 1.807) is 0 Å². The summed E-state index contributed by atoms with van der Waals surface area (Å²) in [4.78, 5) is 26.0. The average molecular weight is 687 g/mol. The van der Waals surface area contributed by atoms with Gasteiger partial charge in [-0.05, 0) is 97.8 Å². The normalized spacial score (nSPS) is 15.3. The van der Waals surface area contributed by atoms with Crippen LogP contribution in [0.5, 0.6) is 0 Å². The van der Waals surface area contributed by atoms with E-state index in [9.17, 15) is 14.7 Å². The molecule has 1 unspecified atom stereocenters. The summed E-state index contributed by atoms with van der Waals surface area (Å²) < 4.78 is 3.05. The lowest BCUT2D eigenvalue weighted by Crippen LogP contribution is -2.26. The van der Waals surface area contributed by atoms with Crippen molar-refractivity contribution >= 4 is 85.3 Å². The highest BCUT2D eigenvalue weighted by Gasteiger charge is 2.29. The van der Waals surface area contributed by atoms with Crippen LogP contribution in [0.15, 0.2) is 36.4 Å². The lowest BCUT2D eigenvalue weighted by molar-refractivity contribution is -0.138. The zero-order chi connectivity index (χ0) is 18.8. The lowest BCUT2D eigenvalue weighted by atomic mass is 9.92. The maximum Gasteiger partial charge on any atom is 0.311 e. The first-order chi connectivity index (χ1) is 12.4. The first kappa shape index (κ1) is 20.3. The van der Waals surface area contributed by atoms with Gasteiger partial charge < -0.3 is 10.0 Å². The largest absolute Gasteiger partial charge is 0.481 e. The van der Waals surface area contributed by atoms with Gasteiger partial charge in [0, 0.05) is 23.7 Å². The molecule has 7 heteroatoms. The maximum atomic E-state index is 12.3. The van der Waals surface area contributed by atoms with Gasteiger partial charge in [-0.25, -0.2) is 0 Å². The van der Waals surface area contributed by atoms with Crippen molar-refractivity contribution < 1.29 is 14.7 Å². The Morgan fingerprint density at radius 2 is 1.85 bits per heavy atom. The monoisotopic (exact) mass is 687 g/mol. The van der Waals surface area contributed by atoms with E-state index in [-0.39, 0.29) is 5.91 Å². The van der Waals surface area contributed by atoms with Crippen LogP contribution in [0.3, 0.4) is 0 Å². The third kappa shape index (κ3) is 4.18. The summed E-state index contributed by atoms with van der Waals surface area (Å²) in [5, 5.41) is 9.78. The SMILES string of the molecule is O=C(O)C(Cc1c(I)cc(I)c(N2CCCC2=O)c1I)c1ccccc1. The van der Waals surface area contributed by atoms with Crippen LogP contribution in [0.25, 0.3) is 0 Å². The molecular weight excluding hydrogens is 671 g/mol. The van der Waals surface area contributed by atoms with Crippen molar-refractivity contribution in [3.05, 3.63) is 58.2 Å². The Kier molecular flexibility index (Phi) is 6.81. The van der Waals surface area contributed by atoms with Gasteiger partial charge in [0.25, 0.3) is 0 Å².